The van der Waals surface area contributed by atoms with E-state index >= 15 is 0 Å². The summed E-state index contributed by atoms with van der Waals surface area (Å²) < 4.78 is 5.63. The number of rotatable bonds is 2. The number of carbonyl (C=O) groups is 1. The molecule has 2 aromatic rings. The third-order valence-corrected chi connectivity index (χ3v) is 3.72. The van der Waals surface area contributed by atoms with Crippen molar-refractivity contribution in [2.45, 2.75) is 19.4 Å². The minimum absolute atomic E-state index is 0.0863. The smallest absolute Gasteiger partial charge is 0.193 e. The fraction of sp³-hybridized carbons (Fsp3) is 0.188. The van der Waals surface area contributed by atoms with E-state index in [4.69, 9.17) is 27.9 Å². The lowest BCUT2D eigenvalue weighted by Gasteiger charge is -2.05. The summed E-state index contributed by atoms with van der Waals surface area (Å²) in [5.41, 5.74) is 2.19. The molecule has 102 valence electrons. The van der Waals surface area contributed by atoms with E-state index in [1.165, 1.54) is 0 Å². The molecule has 2 nitrogen and oxygen atoms in total. The Labute approximate surface area is 127 Å². The lowest BCUT2D eigenvalue weighted by atomic mass is 10.00. The Morgan fingerprint density at radius 2 is 1.80 bits per heavy atom. The van der Waals surface area contributed by atoms with Gasteiger partial charge in [-0.1, -0.05) is 23.2 Å². The van der Waals surface area contributed by atoms with Gasteiger partial charge in [0.15, 0.2) is 5.78 Å². The molecule has 1 aliphatic heterocycles. The Morgan fingerprint density at radius 3 is 2.50 bits per heavy atom. The van der Waals surface area contributed by atoms with Gasteiger partial charge in [-0.25, -0.2) is 0 Å². The number of ether oxygens (including phenoxy) is 1. The summed E-state index contributed by atoms with van der Waals surface area (Å²) in [6, 6.07) is 10.4. The molecule has 0 bridgehead atoms. The van der Waals surface area contributed by atoms with Crippen molar-refractivity contribution in [3.05, 3.63) is 63.1 Å². The van der Waals surface area contributed by atoms with Gasteiger partial charge in [0.2, 0.25) is 0 Å². The first-order valence-electron chi connectivity index (χ1n) is 6.33. The Kier molecular flexibility index (Phi) is 3.45. The van der Waals surface area contributed by atoms with Crippen molar-refractivity contribution in [1.29, 1.82) is 0 Å². The highest BCUT2D eigenvalue weighted by atomic mass is 35.5. The van der Waals surface area contributed by atoms with Crippen LogP contribution in [0.1, 0.15) is 28.4 Å². The van der Waals surface area contributed by atoms with Crippen LogP contribution in [0.5, 0.6) is 5.75 Å². The van der Waals surface area contributed by atoms with Crippen molar-refractivity contribution in [1.82, 2.24) is 0 Å². The van der Waals surface area contributed by atoms with Crippen LogP contribution in [0, 0.1) is 0 Å². The standard InChI is InChI=1S/C16H12Cl2O2/c1-9-4-11-5-10(2-3-15(11)20-9)16(19)12-6-13(17)8-14(18)7-12/h2-3,5-9H,4H2,1H3. The predicted molar refractivity (Wildman–Crippen MR) is 80.1 cm³/mol. The zero-order valence-electron chi connectivity index (χ0n) is 10.8. The van der Waals surface area contributed by atoms with Gasteiger partial charge < -0.3 is 4.74 Å². The van der Waals surface area contributed by atoms with Crippen LogP contribution in [0.2, 0.25) is 10.0 Å². The fourth-order valence-electron chi connectivity index (χ4n) is 2.41. The molecule has 0 fully saturated rings. The molecule has 3 rings (SSSR count). The van der Waals surface area contributed by atoms with E-state index in [-0.39, 0.29) is 11.9 Å². The summed E-state index contributed by atoms with van der Waals surface area (Å²) in [6.07, 6.45) is 0.989. The first-order chi connectivity index (χ1) is 9.52. The number of ketones is 1. The van der Waals surface area contributed by atoms with Crippen molar-refractivity contribution in [2.24, 2.45) is 0 Å². The van der Waals surface area contributed by atoms with Gasteiger partial charge in [0.05, 0.1) is 0 Å². The SMILES string of the molecule is CC1Cc2cc(C(=O)c3cc(Cl)cc(Cl)c3)ccc2O1. The molecule has 0 radical (unpaired) electrons. The number of fused-ring (bicyclic) bond motifs is 1. The Hall–Kier alpha value is -1.51. The summed E-state index contributed by atoms with van der Waals surface area (Å²) >= 11 is 11.9. The van der Waals surface area contributed by atoms with Crippen molar-refractivity contribution < 1.29 is 9.53 Å². The predicted octanol–water partition coefficient (Wildman–Crippen LogP) is 4.55. The Bertz CT molecular complexity index is 675. The van der Waals surface area contributed by atoms with E-state index < -0.39 is 0 Å². The number of benzene rings is 2. The van der Waals surface area contributed by atoms with E-state index in [1.807, 2.05) is 19.1 Å². The molecule has 2 aromatic carbocycles. The first-order valence-corrected chi connectivity index (χ1v) is 7.09. The van der Waals surface area contributed by atoms with Crippen LogP contribution < -0.4 is 4.74 Å². The molecule has 0 amide bonds. The topological polar surface area (TPSA) is 26.3 Å². The maximum absolute atomic E-state index is 12.5. The molecule has 20 heavy (non-hydrogen) atoms. The van der Waals surface area contributed by atoms with Crippen molar-refractivity contribution >= 4 is 29.0 Å². The average Bonchev–Trinajstić information content (AvgIpc) is 2.75. The molecular weight excluding hydrogens is 295 g/mol. The van der Waals surface area contributed by atoms with Gasteiger partial charge in [0, 0.05) is 27.6 Å². The quantitative estimate of drug-likeness (QED) is 0.761. The van der Waals surface area contributed by atoms with Gasteiger partial charge in [-0.15, -0.1) is 0 Å². The second-order valence-corrected chi connectivity index (χ2v) is 5.82. The molecule has 0 N–H and O–H groups in total. The maximum Gasteiger partial charge on any atom is 0.193 e. The number of halogens is 2. The second-order valence-electron chi connectivity index (χ2n) is 4.94. The fourth-order valence-corrected chi connectivity index (χ4v) is 2.94. The van der Waals surface area contributed by atoms with Gasteiger partial charge in [0.25, 0.3) is 0 Å². The van der Waals surface area contributed by atoms with Crippen LogP contribution in [-0.4, -0.2) is 11.9 Å². The van der Waals surface area contributed by atoms with E-state index in [0.717, 1.165) is 17.7 Å². The van der Waals surface area contributed by atoms with Crippen molar-refractivity contribution in [3.63, 3.8) is 0 Å². The minimum Gasteiger partial charge on any atom is -0.490 e. The zero-order valence-corrected chi connectivity index (χ0v) is 12.3. The summed E-state index contributed by atoms with van der Waals surface area (Å²) in [6.45, 7) is 2.01. The lowest BCUT2D eigenvalue weighted by molar-refractivity contribution is 0.103. The molecule has 1 unspecified atom stereocenters. The van der Waals surface area contributed by atoms with Gasteiger partial charge in [0.1, 0.15) is 11.9 Å². The monoisotopic (exact) mass is 306 g/mol. The lowest BCUT2D eigenvalue weighted by Crippen LogP contribution is -2.05. The van der Waals surface area contributed by atoms with Crippen LogP contribution in [0.3, 0.4) is 0 Å². The van der Waals surface area contributed by atoms with Crippen LogP contribution in [-0.2, 0) is 6.42 Å². The average molecular weight is 307 g/mol. The van der Waals surface area contributed by atoms with Gasteiger partial charge >= 0.3 is 0 Å². The third-order valence-electron chi connectivity index (χ3n) is 3.28. The third kappa shape index (κ3) is 2.54. The number of carbonyl (C=O) groups excluding carboxylic acids is 1. The molecular formula is C16H12Cl2O2. The molecule has 0 saturated heterocycles. The van der Waals surface area contributed by atoms with Crippen LogP contribution in [0.15, 0.2) is 36.4 Å². The molecule has 0 spiro atoms. The van der Waals surface area contributed by atoms with E-state index in [1.54, 1.807) is 24.3 Å². The van der Waals surface area contributed by atoms with Crippen LogP contribution >= 0.6 is 23.2 Å². The molecule has 1 heterocycles. The molecule has 0 saturated carbocycles. The summed E-state index contributed by atoms with van der Waals surface area (Å²) in [5.74, 6) is 0.773. The number of hydrogen-bond acceptors (Lipinski definition) is 2. The summed E-state index contributed by atoms with van der Waals surface area (Å²) in [5, 5.41) is 0.915. The number of hydrogen-bond donors (Lipinski definition) is 0. The largest absolute Gasteiger partial charge is 0.490 e. The van der Waals surface area contributed by atoms with Crippen molar-refractivity contribution in [3.8, 4) is 5.75 Å². The van der Waals surface area contributed by atoms with Gasteiger partial charge in [-0.3, -0.25) is 4.79 Å². The first kappa shape index (κ1) is 13.5. The van der Waals surface area contributed by atoms with Crippen LogP contribution in [0.25, 0.3) is 0 Å². The normalized spacial score (nSPS) is 16.6. The Morgan fingerprint density at radius 1 is 1.10 bits per heavy atom. The molecule has 1 atom stereocenters. The minimum atomic E-state index is -0.0863. The molecule has 0 aromatic heterocycles. The highest BCUT2D eigenvalue weighted by Gasteiger charge is 2.21. The van der Waals surface area contributed by atoms with E-state index in [9.17, 15) is 4.79 Å². The highest BCUT2D eigenvalue weighted by Crippen LogP contribution is 2.30. The van der Waals surface area contributed by atoms with Gasteiger partial charge in [-0.2, -0.15) is 0 Å². The van der Waals surface area contributed by atoms with E-state index in [0.29, 0.717) is 21.2 Å². The highest BCUT2D eigenvalue weighted by molar-refractivity contribution is 6.35. The van der Waals surface area contributed by atoms with Crippen LogP contribution in [0.4, 0.5) is 0 Å². The Balaban J connectivity index is 1.97. The summed E-state index contributed by atoms with van der Waals surface area (Å²) in [4.78, 5) is 12.5. The zero-order chi connectivity index (χ0) is 14.3. The summed E-state index contributed by atoms with van der Waals surface area (Å²) in [7, 11) is 0. The molecule has 0 aliphatic carbocycles. The van der Waals surface area contributed by atoms with E-state index in [2.05, 4.69) is 0 Å². The second kappa shape index (κ2) is 5.12. The van der Waals surface area contributed by atoms with Gasteiger partial charge in [-0.05, 0) is 48.9 Å². The van der Waals surface area contributed by atoms with Crippen molar-refractivity contribution in [2.75, 3.05) is 0 Å². The maximum atomic E-state index is 12.5. The molecule has 1 aliphatic rings. The molecule has 4 heteroatoms.